The van der Waals surface area contributed by atoms with Gasteiger partial charge in [0.2, 0.25) is 0 Å². The number of nitrogens with one attached hydrogen (secondary N) is 2. The van der Waals surface area contributed by atoms with E-state index < -0.39 is 16.9 Å². The summed E-state index contributed by atoms with van der Waals surface area (Å²) >= 11 is 0. The van der Waals surface area contributed by atoms with Gasteiger partial charge in [-0.3, -0.25) is 9.59 Å². The molecule has 0 saturated carbocycles. The fourth-order valence-electron chi connectivity index (χ4n) is 4.25. The second-order valence-corrected chi connectivity index (χ2v) is 9.86. The average molecular weight is 477 g/mol. The molecule has 34 heavy (non-hydrogen) atoms. The number of fused-ring (bicyclic) bond motifs is 1. The van der Waals surface area contributed by atoms with Crippen LogP contribution in [0.25, 0.3) is 27.6 Å². The van der Waals surface area contributed by atoms with E-state index in [0.29, 0.717) is 35.4 Å². The maximum atomic E-state index is 12.2. The summed E-state index contributed by atoms with van der Waals surface area (Å²) < 4.78 is 13.7. The van der Waals surface area contributed by atoms with E-state index in [0.717, 1.165) is 39.8 Å². The Hall–Kier alpha value is -3.49. The van der Waals surface area contributed by atoms with Crippen molar-refractivity contribution >= 4 is 45.0 Å². The summed E-state index contributed by atoms with van der Waals surface area (Å²) in [7, 11) is -1.01. The number of anilines is 1. The first-order chi connectivity index (χ1) is 16.2. The standard InChI is InChI=1S/C26H28N4O3S/c1-15(2)26(32)29-22-7-5-6-18(16(22)3)19-8-9-20(25(27)31)24-21(19)14-23(28-24)17-10-12-30(13-11-17)34(4)33/h5-10,14,28H,1,11-13H2,2-4H3,(H2,27,31)(H,29,32). The number of rotatable bonds is 6. The molecule has 0 spiro atoms. The van der Waals surface area contributed by atoms with Gasteiger partial charge in [0.05, 0.1) is 22.1 Å². The lowest BCUT2D eigenvalue weighted by molar-refractivity contribution is -0.112. The summed E-state index contributed by atoms with van der Waals surface area (Å²) in [6.07, 6.45) is 4.50. The third-order valence-corrected chi connectivity index (χ3v) is 7.26. The molecule has 7 nitrogen and oxygen atoms in total. The lowest BCUT2D eigenvalue weighted by Gasteiger charge is -2.23. The normalized spacial score (nSPS) is 15.1. The van der Waals surface area contributed by atoms with Crippen LogP contribution in [0.1, 0.15) is 35.0 Å². The fourth-order valence-corrected chi connectivity index (χ4v) is 4.89. The van der Waals surface area contributed by atoms with Gasteiger partial charge in [-0.1, -0.05) is 30.9 Å². The van der Waals surface area contributed by atoms with Gasteiger partial charge in [0.15, 0.2) is 0 Å². The van der Waals surface area contributed by atoms with Crippen LogP contribution in [0, 0.1) is 6.92 Å². The number of primary amides is 1. The molecule has 0 radical (unpaired) electrons. The van der Waals surface area contributed by atoms with Crippen LogP contribution in [-0.4, -0.2) is 44.7 Å². The van der Waals surface area contributed by atoms with Gasteiger partial charge in [-0.2, -0.15) is 0 Å². The first-order valence-electron chi connectivity index (χ1n) is 11.0. The third-order valence-electron chi connectivity index (χ3n) is 6.20. The zero-order chi connectivity index (χ0) is 24.6. The summed E-state index contributed by atoms with van der Waals surface area (Å²) in [5, 5.41) is 3.78. The molecule has 4 N–H and O–H groups in total. The van der Waals surface area contributed by atoms with Crippen LogP contribution in [-0.2, 0) is 15.8 Å². The minimum atomic E-state index is -1.01. The van der Waals surface area contributed by atoms with Crippen molar-refractivity contribution in [2.24, 2.45) is 5.73 Å². The highest BCUT2D eigenvalue weighted by molar-refractivity contribution is 7.81. The molecule has 8 heteroatoms. The van der Waals surface area contributed by atoms with Crippen molar-refractivity contribution in [2.75, 3.05) is 24.7 Å². The lowest BCUT2D eigenvalue weighted by Crippen LogP contribution is -2.29. The topological polar surface area (TPSA) is 108 Å². The highest BCUT2D eigenvalue weighted by Gasteiger charge is 2.20. The van der Waals surface area contributed by atoms with Crippen LogP contribution in [0.3, 0.4) is 0 Å². The molecule has 2 aromatic carbocycles. The van der Waals surface area contributed by atoms with Gasteiger partial charge in [0.1, 0.15) is 0 Å². The Morgan fingerprint density at radius 3 is 2.59 bits per heavy atom. The first-order valence-corrected chi connectivity index (χ1v) is 12.5. The predicted octanol–water partition coefficient (Wildman–Crippen LogP) is 4.14. The summed E-state index contributed by atoms with van der Waals surface area (Å²) in [5.74, 6) is -0.737. The van der Waals surface area contributed by atoms with Crippen LogP contribution >= 0.6 is 0 Å². The molecule has 0 aliphatic carbocycles. The molecule has 1 atom stereocenters. The summed E-state index contributed by atoms with van der Waals surface area (Å²) in [5.41, 5.74) is 12.7. The molecule has 0 fully saturated rings. The monoisotopic (exact) mass is 476 g/mol. The van der Waals surface area contributed by atoms with E-state index in [9.17, 15) is 13.8 Å². The molecular weight excluding hydrogens is 448 g/mol. The molecule has 3 aromatic rings. The maximum Gasteiger partial charge on any atom is 0.250 e. The zero-order valence-corrected chi connectivity index (χ0v) is 20.3. The van der Waals surface area contributed by atoms with Crippen molar-refractivity contribution in [3.05, 3.63) is 71.4 Å². The van der Waals surface area contributed by atoms with Gasteiger partial charge in [-0.05, 0) is 60.7 Å². The highest BCUT2D eigenvalue weighted by atomic mass is 32.2. The van der Waals surface area contributed by atoms with E-state index in [1.807, 2.05) is 41.6 Å². The number of H-pyrrole nitrogens is 1. The molecule has 1 aliphatic heterocycles. The summed E-state index contributed by atoms with van der Waals surface area (Å²) in [6, 6.07) is 11.4. The molecule has 1 aliphatic rings. The second-order valence-electron chi connectivity index (χ2n) is 8.50. The number of hydrogen-bond donors (Lipinski definition) is 3. The lowest BCUT2D eigenvalue weighted by atomic mass is 9.94. The SMILES string of the molecule is C=C(C)C(=O)Nc1cccc(-c2ccc(C(N)=O)c3[nH]c(C4=CCN(S(C)=O)CC4)cc23)c1C. The number of benzene rings is 2. The molecule has 176 valence electrons. The van der Waals surface area contributed by atoms with Crippen LogP contribution in [0.15, 0.2) is 54.6 Å². The van der Waals surface area contributed by atoms with Crippen LogP contribution in [0.2, 0.25) is 0 Å². The number of carbonyl (C=O) groups excluding carboxylic acids is 2. The molecule has 0 bridgehead atoms. The van der Waals surface area contributed by atoms with Gasteiger partial charge in [0.25, 0.3) is 11.8 Å². The van der Waals surface area contributed by atoms with E-state index in [2.05, 4.69) is 23.0 Å². The number of hydrogen-bond acceptors (Lipinski definition) is 3. The number of nitrogens with two attached hydrogens (primary N) is 1. The number of nitrogens with zero attached hydrogens (tertiary/aromatic N) is 1. The van der Waals surface area contributed by atoms with E-state index in [1.54, 1.807) is 19.2 Å². The number of amides is 2. The minimum absolute atomic E-state index is 0.232. The number of carbonyl (C=O) groups is 2. The molecule has 2 amide bonds. The Morgan fingerprint density at radius 1 is 1.21 bits per heavy atom. The van der Waals surface area contributed by atoms with E-state index in [4.69, 9.17) is 5.73 Å². The molecule has 1 unspecified atom stereocenters. The van der Waals surface area contributed by atoms with Crippen LogP contribution < -0.4 is 11.1 Å². The van der Waals surface area contributed by atoms with E-state index >= 15 is 0 Å². The second kappa shape index (κ2) is 9.40. The van der Waals surface area contributed by atoms with Crippen molar-refractivity contribution in [3.8, 4) is 11.1 Å². The first kappa shape index (κ1) is 23.7. The van der Waals surface area contributed by atoms with Crippen molar-refractivity contribution in [2.45, 2.75) is 20.3 Å². The summed E-state index contributed by atoms with van der Waals surface area (Å²) in [4.78, 5) is 27.8. The Labute approximate surface area is 201 Å². The van der Waals surface area contributed by atoms with Crippen LogP contribution in [0.5, 0.6) is 0 Å². The molecule has 4 rings (SSSR count). The van der Waals surface area contributed by atoms with Crippen molar-refractivity contribution < 1.29 is 13.8 Å². The van der Waals surface area contributed by atoms with Crippen molar-refractivity contribution in [1.29, 1.82) is 0 Å². The molecule has 1 aromatic heterocycles. The Balaban J connectivity index is 1.83. The van der Waals surface area contributed by atoms with E-state index in [1.165, 1.54) is 0 Å². The Bertz CT molecular complexity index is 1390. The summed E-state index contributed by atoms with van der Waals surface area (Å²) in [6.45, 7) is 8.62. The predicted molar refractivity (Wildman–Crippen MR) is 139 cm³/mol. The van der Waals surface area contributed by atoms with Crippen molar-refractivity contribution in [1.82, 2.24) is 9.29 Å². The van der Waals surface area contributed by atoms with Crippen molar-refractivity contribution in [3.63, 3.8) is 0 Å². The van der Waals surface area contributed by atoms with Gasteiger partial charge in [0, 0.05) is 41.7 Å². The minimum Gasteiger partial charge on any atom is -0.366 e. The number of aromatic nitrogens is 1. The molecule has 0 saturated heterocycles. The zero-order valence-electron chi connectivity index (χ0n) is 19.5. The quantitative estimate of drug-likeness (QED) is 0.465. The maximum absolute atomic E-state index is 12.2. The third kappa shape index (κ3) is 4.47. The highest BCUT2D eigenvalue weighted by Crippen LogP contribution is 2.37. The largest absolute Gasteiger partial charge is 0.366 e. The number of aromatic amines is 1. The van der Waals surface area contributed by atoms with Crippen LogP contribution in [0.4, 0.5) is 5.69 Å². The van der Waals surface area contributed by atoms with Gasteiger partial charge >= 0.3 is 0 Å². The van der Waals surface area contributed by atoms with Gasteiger partial charge in [-0.25, -0.2) is 8.51 Å². The Morgan fingerprint density at radius 2 is 1.97 bits per heavy atom. The smallest absolute Gasteiger partial charge is 0.250 e. The van der Waals surface area contributed by atoms with Gasteiger partial charge < -0.3 is 16.0 Å². The van der Waals surface area contributed by atoms with Gasteiger partial charge in [-0.15, -0.1) is 0 Å². The molecular formula is C26H28N4O3S. The molecule has 2 heterocycles. The average Bonchev–Trinajstić information content (AvgIpc) is 3.25. The fraction of sp³-hybridized carbons (Fsp3) is 0.231. The Kier molecular flexibility index (Phi) is 6.54. The van der Waals surface area contributed by atoms with E-state index in [-0.39, 0.29) is 5.91 Å².